The van der Waals surface area contributed by atoms with E-state index in [-0.39, 0.29) is 24.9 Å². The Morgan fingerprint density at radius 1 is 0.833 bits per heavy atom. The van der Waals surface area contributed by atoms with Gasteiger partial charge in [0.25, 0.3) is 0 Å². The number of aliphatic hydroxyl groups excluding tert-OH is 1. The first-order chi connectivity index (χ1) is 8.31. The molecule has 0 aromatic rings. The molecule has 0 bridgehead atoms. The highest BCUT2D eigenvalue weighted by atomic mass is 16.9. The monoisotopic (exact) mass is 260 g/mol. The number of hydrogen-bond donors (Lipinski definition) is 1. The van der Waals surface area contributed by atoms with Crippen molar-refractivity contribution in [3.63, 3.8) is 0 Å². The fourth-order valence-electron chi connectivity index (χ4n) is 2.84. The van der Waals surface area contributed by atoms with Gasteiger partial charge in [0.05, 0.1) is 6.61 Å². The Bertz CT molecular complexity index is 341. The van der Waals surface area contributed by atoms with Gasteiger partial charge in [-0.2, -0.15) is 0 Å². The molecule has 1 N–H and O–H groups in total. The van der Waals surface area contributed by atoms with E-state index in [1.165, 1.54) is 0 Å². The number of fused-ring (bicyclic) bond motifs is 3. The minimum atomic E-state index is -0.708. The summed E-state index contributed by atoms with van der Waals surface area (Å²) in [4.78, 5) is 0. The second-order valence-corrected chi connectivity index (χ2v) is 5.89. The summed E-state index contributed by atoms with van der Waals surface area (Å²) in [6.45, 7) is 7.22. The Balaban J connectivity index is 1.86. The van der Waals surface area contributed by atoms with Gasteiger partial charge in [-0.15, -0.1) is 0 Å². The van der Waals surface area contributed by atoms with Crippen molar-refractivity contribution in [1.29, 1.82) is 0 Å². The molecule has 0 aromatic heterocycles. The van der Waals surface area contributed by atoms with Crippen molar-refractivity contribution in [2.75, 3.05) is 6.61 Å². The summed E-state index contributed by atoms with van der Waals surface area (Å²) in [6, 6.07) is 0. The van der Waals surface area contributed by atoms with E-state index in [0.717, 1.165) is 0 Å². The molecule has 3 heterocycles. The maximum Gasteiger partial charge on any atom is 0.190 e. The smallest absolute Gasteiger partial charge is 0.190 e. The molecule has 3 rings (SSSR count). The molecule has 0 spiro atoms. The quantitative estimate of drug-likeness (QED) is 0.735. The van der Waals surface area contributed by atoms with E-state index in [9.17, 15) is 5.11 Å². The van der Waals surface area contributed by atoms with Crippen LogP contribution in [0.4, 0.5) is 0 Å². The van der Waals surface area contributed by atoms with Gasteiger partial charge in [0.15, 0.2) is 17.9 Å². The Kier molecular flexibility index (Phi) is 2.75. The number of hydrogen-bond acceptors (Lipinski definition) is 6. The third kappa shape index (κ3) is 1.97. The van der Waals surface area contributed by atoms with Crippen LogP contribution in [0.2, 0.25) is 0 Å². The van der Waals surface area contributed by atoms with Crippen LogP contribution >= 0.6 is 0 Å². The second-order valence-electron chi connectivity index (χ2n) is 5.89. The molecule has 6 heteroatoms. The molecule has 0 aliphatic carbocycles. The first kappa shape index (κ1) is 12.8. The van der Waals surface area contributed by atoms with Gasteiger partial charge in [-0.3, -0.25) is 0 Å². The Morgan fingerprint density at radius 2 is 1.39 bits per heavy atom. The third-order valence-corrected chi connectivity index (χ3v) is 3.43. The van der Waals surface area contributed by atoms with Crippen LogP contribution in [0.5, 0.6) is 0 Å². The average Bonchev–Trinajstić information content (AvgIpc) is 2.71. The largest absolute Gasteiger partial charge is 0.394 e. The fourth-order valence-corrected chi connectivity index (χ4v) is 2.84. The summed E-state index contributed by atoms with van der Waals surface area (Å²) in [6.07, 6.45) is -1.90. The van der Waals surface area contributed by atoms with Crippen LogP contribution in [0.25, 0.3) is 0 Å². The molecule has 3 fully saturated rings. The molecule has 0 aromatic carbocycles. The topological polar surface area (TPSA) is 66.4 Å². The molecular weight excluding hydrogens is 240 g/mol. The van der Waals surface area contributed by atoms with E-state index in [4.69, 9.17) is 23.7 Å². The summed E-state index contributed by atoms with van der Waals surface area (Å²) in [5.41, 5.74) is 0. The first-order valence-electron chi connectivity index (χ1n) is 6.29. The predicted octanol–water partition coefficient (Wildman–Crippen LogP) is 0.375. The van der Waals surface area contributed by atoms with Gasteiger partial charge in [-0.05, 0) is 27.7 Å². The Labute approximate surface area is 106 Å². The Morgan fingerprint density at radius 3 is 2.06 bits per heavy atom. The number of ether oxygens (including phenoxy) is 5. The average molecular weight is 260 g/mol. The molecule has 0 radical (unpaired) electrons. The minimum absolute atomic E-state index is 0.131. The van der Waals surface area contributed by atoms with Crippen LogP contribution in [0.15, 0.2) is 0 Å². The molecule has 3 aliphatic rings. The van der Waals surface area contributed by atoms with Crippen molar-refractivity contribution in [3.05, 3.63) is 0 Å². The van der Waals surface area contributed by atoms with Crippen LogP contribution in [0.3, 0.4) is 0 Å². The van der Waals surface area contributed by atoms with Gasteiger partial charge < -0.3 is 28.8 Å². The van der Waals surface area contributed by atoms with E-state index >= 15 is 0 Å². The van der Waals surface area contributed by atoms with E-state index in [1.54, 1.807) is 0 Å². The molecule has 5 atom stereocenters. The molecular formula is C12H20O6. The molecule has 0 amide bonds. The van der Waals surface area contributed by atoms with E-state index in [1.807, 2.05) is 27.7 Å². The van der Waals surface area contributed by atoms with Crippen LogP contribution < -0.4 is 0 Å². The minimum Gasteiger partial charge on any atom is -0.394 e. The lowest BCUT2D eigenvalue weighted by atomic mass is 9.99. The van der Waals surface area contributed by atoms with Gasteiger partial charge >= 0.3 is 0 Å². The highest BCUT2D eigenvalue weighted by Crippen LogP contribution is 2.43. The standard InChI is InChI=1S/C12H20O6/c1-11(2)15-7-6(5-13)14-10-9(8(7)16-11)17-12(3,4)18-10/h6-10,13H,5H2,1-4H3/t6-,7+,8+,9-,10-/m0/s1. The van der Waals surface area contributed by atoms with Gasteiger partial charge in [0.1, 0.15) is 24.4 Å². The zero-order valence-corrected chi connectivity index (χ0v) is 11.1. The van der Waals surface area contributed by atoms with Gasteiger partial charge in [0.2, 0.25) is 0 Å². The third-order valence-electron chi connectivity index (χ3n) is 3.43. The van der Waals surface area contributed by atoms with Crippen molar-refractivity contribution >= 4 is 0 Å². The summed E-state index contributed by atoms with van der Waals surface area (Å²) < 4.78 is 28.9. The van der Waals surface area contributed by atoms with E-state index in [0.29, 0.717) is 0 Å². The van der Waals surface area contributed by atoms with Crippen LogP contribution in [0, 0.1) is 0 Å². The molecule has 0 unspecified atom stereocenters. The molecule has 0 saturated carbocycles. The van der Waals surface area contributed by atoms with Gasteiger partial charge in [-0.25, -0.2) is 0 Å². The van der Waals surface area contributed by atoms with Crippen molar-refractivity contribution < 1.29 is 28.8 Å². The van der Waals surface area contributed by atoms with E-state index in [2.05, 4.69) is 0 Å². The van der Waals surface area contributed by atoms with Crippen LogP contribution in [0.1, 0.15) is 27.7 Å². The normalized spacial score (nSPS) is 48.8. The predicted molar refractivity (Wildman–Crippen MR) is 59.6 cm³/mol. The van der Waals surface area contributed by atoms with Crippen molar-refractivity contribution in [2.45, 2.75) is 70.0 Å². The number of aliphatic hydroxyl groups is 1. The van der Waals surface area contributed by atoms with Gasteiger partial charge in [-0.1, -0.05) is 0 Å². The molecule has 18 heavy (non-hydrogen) atoms. The number of rotatable bonds is 1. The fraction of sp³-hybridized carbons (Fsp3) is 1.00. The van der Waals surface area contributed by atoms with Crippen LogP contribution in [-0.2, 0) is 23.7 Å². The molecule has 104 valence electrons. The highest BCUT2D eigenvalue weighted by molar-refractivity contribution is 4.99. The summed E-state index contributed by atoms with van der Waals surface area (Å²) >= 11 is 0. The van der Waals surface area contributed by atoms with E-state index < -0.39 is 24.0 Å². The zero-order chi connectivity index (χ0) is 13.1. The maximum atomic E-state index is 9.40. The SMILES string of the molecule is CC1(C)O[C@@H]2O[C@@H](CO)[C@H]3OC(C)(C)O[C@H]3[C@@H]2O1. The van der Waals surface area contributed by atoms with Crippen LogP contribution in [-0.4, -0.2) is 54.0 Å². The van der Waals surface area contributed by atoms with Crippen molar-refractivity contribution in [3.8, 4) is 0 Å². The summed E-state index contributed by atoms with van der Waals surface area (Å²) in [7, 11) is 0. The second kappa shape index (κ2) is 3.88. The summed E-state index contributed by atoms with van der Waals surface area (Å²) in [5.74, 6) is -1.41. The zero-order valence-electron chi connectivity index (χ0n) is 11.1. The lowest BCUT2D eigenvalue weighted by Gasteiger charge is -2.36. The van der Waals surface area contributed by atoms with Gasteiger partial charge in [0, 0.05) is 0 Å². The lowest BCUT2D eigenvalue weighted by Crippen LogP contribution is -2.56. The summed E-state index contributed by atoms with van der Waals surface area (Å²) in [5, 5.41) is 9.40. The first-order valence-corrected chi connectivity index (χ1v) is 6.29. The Hall–Kier alpha value is -0.240. The van der Waals surface area contributed by atoms with Crippen molar-refractivity contribution in [2.24, 2.45) is 0 Å². The maximum absolute atomic E-state index is 9.40. The highest BCUT2D eigenvalue weighted by Gasteiger charge is 2.60. The molecule has 6 nitrogen and oxygen atoms in total. The molecule has 3 saturated heterocycles. The van der Waals surface area contributed by atoms with Crippen molar-refractivity contribution in [1.82, 2.24) is 0 Å². The molecule has 3 aliphatic heterocycles. The lowest BCUT2D eigenvalue weighted by molar-refractivity contribution is -0.240.